The highest BCUT2D eigenvalue weighted by atomic mass is 35.5. The number of amides is 1. The Bertz CT molecular complexity index is 348. The van der Waals surface area contributed by atoms with E-state index in [4.69, 9.17) is 4.42 Å². The van der Waals surface area contributed by atoms with Crippen LogP contribution in [0.15, 0.2) is 10.8 Å². The van der Waals surface area contributed by atoms with Gasteiger partial charge in [-0.2, -0.15) is 0 Å². The summed E-state index contributed by atoms with van der Waals surface area (Å²) in [5.74, 6) is 0.810. The van der Waals surface area contributed by atoms with Crippen LogP contribution in [0.25, 0.3) is 0 Å². The molecule has 2 heterocycles. The highest BCUT2D eigenvalue weighted by Crippen LogP contribution is 2.06. The van der Waals surface area contributed by atoms with Crippen LogP contribution in [0, 0.1) is 6.92 Å². The van der Waals surface area contributed by atoms with Gasteiger partial charge in [0.2, 0.25) is 5.91 Å². The number of rotatable bonds is 3. The molecule has 90 valence electrons. The largest absolute Gasteiger partial charge is 0.448 e. The zero-order valence-electron chi connectivity index (χ0n) is 9.16. The molecular formula is C10H16ClN3O2. The highest BCUT2D eigenvalue weighted by molar-refractivity contribution is 5.85. The molecular weight excluding hydrogens is 230 g/mol. The number of nitrogens with zero attached hydrogens (tertiary/aromatic N) is 1. The Morgan fingerprint density at radius 3 is 3.12 bits per heavy atom. The Morgan fingerprint density at radius 2 is 2.56 bits per heavy atom. The SMILES string of the molecule is Cc1ocnc1CNC(=O)C1CCCN1.Cl. The summed E-state index contributed by atoms with van der Waals surface area (Å²) in [5, 5.41) is 5.99. The van der Waals surface area contributed by atoms with Gasteiger partial charge in [0.25, 0.3) is 0 Å². The van der Waals surface area contributed by atoms with E-state index in [1.54, 1.807) is 0 Å². The van der Waals surface area contributed by atoms with E-state index in [-0.39, 0.29) is 24.4 Å². The van der Waals surface area contributed by atoms with Crippen molar-refractivity contribution in [1.82, 2.24) is 15.6 Å². The molecule has 1 aromatic heterocycles. The maximum atomic E-state index is 11.6. The van der Waals surface area contributed by atoms with E-state index >= 15 is 0 Å². The lowest BCUT2D eigenvalue weighted by Gasteiger charge is -2.09. The first-order valence-corrected chi connectivity index (χ1v) is 5.17. The lowest BCUT2D eigenvalue weighted by molar-refractivity contribution is -0.122. The maximum absolute atomic E-state index is 11.6. The van der Waals surface area contributed by atoms with Gasteiger partial charge in [-0.05, 0) is 26.3 Å². The Kier molecular flexibility index (Phi) is 4.76. The van der Waals surface area contributed by atoms with Crippen LogP contribution >= 0.6 is 12.4 Å². The van der Waals surface area contributed by atoms with Crippen LogP contribution in [0.2, 0.25) is 0 Å². The van der Waals surface area contributed by atoms with Gasteiger partial charge in [0, 0.05) is 0 Å². The third-order valence-electron chi connectivity index (χ3n) is 2.65. The van der Waals surface area contributed by atoms with Crippen LogP contribution in [-0.4, -0.2) is 23.5 Å². The van der Waals surface area contributed by atoms with E-state index in [0.717, 1.165) is 30.8 Å². The summed E-state index contributed by atoms with van der Waals surface area (Å²) in [6.45, 7) is 3.21. The Labute approximate surface area is 100 Å². The molecule has 1 aliphatic rings. The van der Waals surface area contributed by atoms with Gasteiger partial charge in [-0.25, -0.2) is 4.98 Å². The molecule has 0 aromatic carbocycles. The fourth-order valence-corrected chi connectivity index (χ4v) is 1.70. The Balaban J connectivity index is 0.00000128. The van der Waals surface area contributed by atoms with Crippen molar-refractivity contribution in [3.05, 3.63) is 17.8 Å². The number of carbonyl (C=O) groups excluding carboxylic acids is 1. The number of carbonyl (C=O) groups is 1. The maximum Gasteiger partial charge on any atom is 0.237 e. The minimum absolute atomic E-state index is 0. The number of oxazole rings is 1. The van der Waals surface area contributed by atoms with E-state index in [0.29, 0.717) is 6.54 Å². The number of aromatic nitrogens is 1. The molecule has 0 radical (unpaired) electrons. The van der Waals surface area contributed by atoms with Crippen molar-refractivity contribution in [3.8, 4) is 0 Å². The number of nitrogens with one attached hydrogen (secondary N) is 2. The molecule has 0 bridgehead atoms. The van der Waals surface area contributed by atoms with Crippen molar-refractivity contribution in [2.24, 2.45) is 0 Å². The molecule has 0 aliphatic carbocycles. The first kappa shape index (κ1) is 13.0. The normalized spacial score (nSPS) is 19.2. The van der Waals surface area contributed by atoms with Crippen molar-refractivity contribution < 1.29 is 9.21 Å². The van der Waals surface area contributed by atoms with Crippen LogP contribution in [0.1, 0.15) is 24.3 Å². The van der Waals surface area contributed by atoms with E-state index in [9.17, 15) is 4.79 Å². The third-order valence-corrected chi connectivity index (χ3v) is 2.65. The number of hydrogen-bond donors (Lipinski definition) is 2. The number of halogens is 1. The summed E-state index contributed by atoms with van der Waals surface area (Å²) in [5.41, 5.74) is 0.793. The molecule has 1 aliphatic heterocycles. The summed E-state index contributed by atoms with van der Waals surface area (Å²) < 4.78 is 5.04. The minimum atomic E-state index is -0.0304. The van der Waals surface area contributed by atoms with E-state index < -0.39 is 0 Å². The molecule has 2 rings (SSSR count). The molecule has 16 heavy (non-hydrogen) atoms. The smallest absolute Gasteiger partial charge is 0.237 e. The molecule has 5 nitrogen and oxygen atoms in total. The fraction of sp³-hybridized carbons (Fsp3) is 0.600. The summed E-state index contributed by atoms with van der Waals surface area (Å²) in [4.78, 5) is 15.6. The molecule has 1 amide bonds. The van der Waals surface area contributed by atoms with Crippen LogP contribution in [-0.2, 0) is 11.3 Å². The lowest BCUT2D eigenvalue weighted by atomic mass is 10.2. The topological polar surface area (TPSA) is 67.2 Å². The van der Waals surface area contributed by atoms with Crippen molar-refractivity contribution in [3.63, 3.8) is 0 Å². The van der Waals surface area contributed by atoms with Gasteiger partial charge in [0.15, 0.2) is 6.39 Å². The van der Waals surface area contributed by atoms with Crippen LogP contribution in [0.3, 0.4) is 0 Å². The quantitative estimate of drug-likeness (QED) is 0.826. The zero-order chi connectivity index (χ0) is 10.7. The van der Waals surface area contributed by atoms with Gasteiger partial charge >= 0.3 is 0 Å². The molecule has 1 aromatic rings. The molecule has 0 spiro atoms. The highest BCUT2D eigenvalue weighted by Gasteiger charge is 2.21. The summed E-state index contributed by atoms with van der Waals surface area (Å²) in [6, 6.07) is -0.0304. The van der Waals surface area contributed by atoms with Crippen molar-refractivity contribution in [2.45, 2.75) is 32.4 Å². The van der Waals surface area contributed by atoms with E-state index in [1.165, 1.54) is 6.39 Å². The van der Waals surface area contributed by atoms with Crippen LogP contribution < -0.4 is 10.6 Å². The molecule has 0 saturated carbocycles. The minimum Gasteiger partial charge on any atom is -0.448 e. The van der Waals surface area contributed by atoms with Crippen molar-refractivity contribution in [1.29, 1.82) is 0 Å². The summed E-state index contributed by atoms with van der Waals surface area (Å²) in [7, 11) is 0. The molecule has 6 heteroatoms. The number of hydrogen-bond acceptors (Lipinski definition) is 4. The molecule has 1 atom stereocenters. The second-order valence-electron chi connectivity index (χ2n) is 3.72. The average Bonchev–Trinajstić information content (AvgIpc) is 2.85. The Morgan fingerprint density at radius 1 is 1.75 bits per heavy atom. The predicted molar refractivity (Wildman–Crippen MR) is 61.4 cm³/mol. The second kappa shape index (κ2) is 5.86. The second-order valence-corrected chi connectivity index (χ2v) is 3.72. The summed E-state index contributed by atoms with van der Waals surface area (Å²) >= 11 is 0. The molecule has 1 saturated heterocycles. The Hall–Kier alpha value is -1.07. The molecule has 1 unspecified atom stereocenters. The lowest BCUT2D eigenvalue weighted by Crippen LogP contribution is -2.40. The van der Waals surface area contributed by atoms with Gasteiger partial charge in [0.05, 0.1) is 12.6 Å². The van der Waals surface area contributed by atoms with Gasteiger partial charge in [-0.3, -0.25) is 4.79 Å². The first-order valence-electron chi connectivity index (χ1n) is 5.17. The molecule has 2 N–H and O–H groups in total. The van der Waals surface area contributed by atoms with E-state index in [1.807, 2.05) is 6.92 Å². The van der Waals surface area contributed by atoms with Gasteiger partial charge in [0.1, 0.15) is 11.5 Å². The summed E-state index contributed by atoms with van der Waals surface area (Å²) in [6.07, 6.45) is 3.38. The van der Waals surface area contributed by atoms with Crippen LogP contribution in [0.4, 0.5) is 0 Å². The first-order chi connectivity index (χ1) is 7.27. The standard InChI is InChI=1S/C10H15N3O2.ClH/c1-7-9(13-6-15-7)5-12-10(14)8-3-2-4-11-8;/h6,8,11H,2-5H2,1H3,(H,12,14);1H. The predicted octanol–water partition coefficient (Wildman–Crippen LogP) is 0.773. The van der Waals surface area contributed by atoms with E-state index in [2.05, 4.69) is 15.6 Å². The third kappa shape index (κ3) is 2.96. The molecule has 1 fully saturated rings. The van der Waals surface area contributed by atoms with Gasteiger partial charge in [-0.1, -0.05) is 0 Å². The number of aryl methyl sites for hydroxylation is 1. The van der Waals surface area contributed by atoms with Gasteiger partial charge < -0.3 is 15.1 Å². The fourth-order valence-electron chi connectivity index (χ4n) is 1.70. The van der Waals surface area contributed by atoms with Crippen LogP contribution in [0.5, 0.6) is 0 Å². The van der Waals surface area contributed by atoms with Crippen molar-refractivity contribution in [2.75, 3.05) is 6.54 Å². The zero-order valence-corrected chi connectivity index (χ0v) is 9.97. The average molecular weight is 246 g/mol. The monoisotopic (exact) mass is 245 g/mol. The van der Waals surface area contributed by atoms with Crippen molar-refractivity contribution >= 4 is 18.3 Å². The van der Waals surface area contributed by atoms with Gasteiger partial charge in [-0.15, -0.1) is 12.4 Å².